The molecule has 0 bridgehead atoms. The molecule has 3 aromatic heterocycles. The quantitative estimate of drug-likeness (QED) is 0.472. The molecular weight excluding hydrogens is 351 g/mol. The molecule has 0 fully saturated rings. The van der Waals surface area contributed by atoms with Gasteiger partial charge in [-0.3, -0.25) is 9.97 Å². The van der Waals surface area contributed by atoms with Gasteiger partial charge in [0.2, 0.25) is 0 Å². The van der Waals surface area contributed by atoms with Crippen LogP contribution in [0.5, 0.6) is 0 Å². The first kappa shape index (κ1) is 17.0. The Morgan fingerprint density at radius 3 is 1.44 bits per heavy atom. The fourth-order valence-corrected chi connectivity index (χ4v) is 3.01. The fraction of sp³-hybridized carbons (Fsp3) is 0.0476. The Morgan fingerprint density at radius 2 is 1.04 bits per heavy atom. The predicted molar refractivity (Wildman–Crippen MR) is 97.2 cm³/mol. The molecule has 3 heterocycles. The van der Waals surface area contributed by atoms with Crippen molar-refractivity contribution < 1.29 is 13.2 Å². The zero-order valence-corrected chi connectivity index (χ0v) is 14.1. The second-order valence-electron chi connectivity index (χ2n) is 5.96. The van der Waals surface area contributed by atoms with Crippen molar-refractivity contribution >= 4 is 0 Å². The summed E-state index contributed by atoms with van der Waals surface area (Å²) in [5, 5.41) is 0. The van der Waals surface area contributed by atoms with E-state index in [0.717, 1.165) is 34.6 Å². The molecule has 3 nitrogen and oxygen atoms in total. The second-order valence-corrected chi connectivity index (χ2v) is 5.96. The molecular formula is C21H14F3N3. The summed E-state index contributed by atoms with van der Waals surface area (Å²) in [6.45, 7) is 0. The fourth-order valence-electron chi connectivity index (χ4n) is 3.01. The molecule has 6 heteroatoms. The van der Waals surface area contributed by atoms with Gasteiger partial charge in [0.05, 0.1) is 17.0 Å². The molecule has 4 aromatic rings. The van der Waals surface area contributed by atoms with Gasteiger partial charge >= 0.3 is 6.18 Å². The van der Waals surface area contributed by atoms with E-state index < -0.39 is 11.7 Å². The summed E-state index contributed by atoms with van der Waals surface area (Å²) in [6, 6.07) is 16.5. The summed E-state index contributed by atoms with van der Waals surface area (Å²) in [5.74, 6) is 0. The smallest absolute Gasteiger partial charge is 0.309 e. The Labute approximate surface area is 153 Å². The number of aromatic nitrogens is 3. The van der Waals surface area contributed by atoms with E-state index in [1.54, 1.807) is 24.8 Å². The highest BCUT2D eigenvalue weighted by Crippen LogP contribution is 2.34. The van der Waals surface area contributed by atoms with E-state index in [0.29, 0.717) is 5.69 Å². The molecule has 134 valence electrons. The van der Waals surface area contributed by atoms with Crippen molar-refractivity contribution in [2.24, 2.45) is 0 Å². The molecule has 0 radical (unpaired) electrons. The Hall–Kier alpha value is -3.41. The standard InChI is InChI=1S/C21H14F3N3/c22-21(23,24)17-1-3-18(4-2-17)27-19(15-7-11-25-12-8-15)5-6-20(27)16-9-13-26-14-10-16/h1-14H. The SMILES string of the molecule is FC(F)(F)c1ccc(-n2c(-c3ccncc3)ccc2-c2ccncc2)cc1. The van der Waals surface area contributed by atoms with Crippen LogP contribution in [-0.2, 0) is 6.18 Å². The van der Waals surface area contributed by atoms with Gasteiger partial charge in [0, 0.05) is 41.6 Å². The lowest BCUT2D eigenvalue weighted by molar-refractivity contribution is -0.137. The van der Waals surface area contributed by atoms with Crippen molar-refractivity contribution in [2.75, 3.05) is 0 Å². The number of rotatable bonds is 3. The van der Waals surface area contributed by atoms with Crippen molar-refractivity contribution in [3.63, 3.8) is 0 Å². The van der Waals surface area contributed by atoms with Crippen LogP contribution in [0.15, 0.2) is 85.5 Å². The van der Waals surface area contributed by atoms with E-state index in [-0.39, 0.29) is 0 Å². The third kappa shape index (κ3) is 3.33. The van der Waals surface area contributed by atoms with Crippen molar-refractivity contribution in [1.82, 2.24) is 14.5 Å². The molecule has 0 spiro atoms. The third-order valence-electron chi connectivity index (χ3n) is 4.29. The summed E-state index contributed by atoms with van der Waals surface area (Å²) in [6.07, 6.45) is 2.38. The minimum Gasteiger partial charge on any atom is -0.309 e. The highest BCUT2D eigenvalue weighted by atomic mass is 19.4. The van der Waals surface area contributed by atoms with Crippen LogP contribution in [0.3, 0.4) is 0 Å². The Morgan fingerprint density at radius 1 is 0.593 bits per heavy atom. The minimum absolute atomic E-state index is 0.645. The average molecular weight is 365 g/mol. The summed E-state index contributed by atoms with van der Waals surface area (Å²) in [7, 11) is 0. The van der Waals surface area contributed by atoms with Gasteiger partial charge in [0.1, 0.15) is 0 Å². The molecule has 0 saturated carbocycles. The van der Waals surface area contributed by atoms with E-state index >= 15 is 0 Å². The molecule has 0 aliphatic heterocycles. The molecule has 0 saturated heterocycles. The number of hydrogen-bond donors (Lipinski definition) is 0. The molecule has 4 rings (SSSR count). The van der Waals surface area contributed by atoms with Gasteiger partial charge in [-0.15, -0.1) is 0 Å². The molecule has 0 aliphatic carbocycles. The van der Waals surface area contributed by atoms with E-state index in [9.17, 15) is 13.2 Å². The van der Waals surface area contributed by atoms with Gasteiger partial charge in [-0.25, -0.2) is 0 Å². The van der Waals surface area contributed by atoms with Gasteiger partial charge in [0.15, 0.2) is 0 Å². The third-order valence-corrected chi connectivity index (χ3v) is 4.29. The van der Waals surface area contributed by atoms with Crippen molar-refractivity contribution in [1.29, 1.82) is 0 Å². The van der Waals surface area contributed by atoms with Gasteiger partial charge in [-0.05, 0) is 60.7 Å². The maximum atomic E-state index is 12.9. The molecule has 0 aliphatic rings. The van der Waals surface area contributed by atoms with Gasteiger partial charge in [0.25, 0.3) is 0 Å². The van der Waals surface area contributed by atoms with Crippen LogP contribution in [0.2, 0.25) is 0 Å². The monoisotopic (exact) mass is 365 g/mol. The van der Waals surface area contributed by atoms with E-state index in [1.165, 1.54) is 12.1 Å². The van der Waals surface area contributed by atoms with Crippen LogP contribution in [-0.4, -0.2) is 14.5 Å². The topological polar surface area (TPSA) is 30.7 Å². The zero-order valence-electron chi connectivity index (χ0n) is 14.1. The summed E-state index contributed by atoms with van der Waals surface area (Å²) >= 11 is 0. The van der Waals surface area contributed by atoms with E-state index in [2.05, 4.69) is 9.97 Å². The second kappa shape index (κ2) is 6.72. The summed E-state index contributed by atoms with van der Waals surface area (Å²) < 4.78 is 40.7. The average Bonchev–Trinajstić information content (AvgIpc) is 3.14. The first-order valence-electron chi connectivity index (χ1n) is 8.24. The predicted octanol–water partition coefficient (Wildman–Crippen LogP) is 5.62. The van der Waals surface area contributed by atoms with Gasteiger partial charge < -0.3 is 4.57 Å². The highest BCUT2D eigenvalue weighted by Gasteiger charge is 2.30. The van der Waals surface area contributed by atoms with Crippen LogP contribution in [0, 0.1) is 0 Å². The Balaban J connectivity index is 1.90. The largest absolute Gasteiger partial charge is 0.416 e. The first-order chi connectivity index (χ1) is 13.0. The number of halogens is 3. The molecule has 0 N–H and O–H groups in total. The number of alkyl halides is 3. The van der Waals surface area contributed by atoms with Crippen LogP contribution >= 0.6 is 0 Å². The maximum Gasteiger partial charge on any atom is 0.416 e. The number of benzene rings is 1. The number of hydrogen-bond acceptors (Lipinski definition) is 2. The van der Waals surface area contributed by atoms with Crippen LogP contribution in [0.25, 0.3) is 28.2 Å². The van der Waals surface area contributed by atoms with Crippen molar-refractivity contribution in [2.45, 2.75) is 6.18 Å². The van der Waals surface area contributed by atoms with Crippen molar-refractivity contribution in [3.8, 4) is 28.2 Å². The van der Waals surface area contributed by atoms with Gasteiger partial charge in [-0.2, -0.15) is 13.2 Å². The molecule has 0 unspecified atom stereocenters. The molecule has 27 heavy (non-hydrogen) atoms. The van der Waals surface area contributed by atoms with Crippen LogP contribution < -0.4 is 0 Å². The highest BCUT2D eigenvalue weighted by molar-refractivity contribution is 5.72. The van der Waals surface area contributed by atoms with Crippen LogP contribution in [0.4, 0.5) is 13.2 Å². The first-order valence-corrected chi connectivity index (χ1v) is 8.24. The van der Waals surface area contributed by atoms with Crippen LogP contribution in [0.1, 0.15) is 5.56 Å². The Bertz CT molecular complexity index is 981. The Kier molecular flexibility index (Phi) is 4.24. The maximum absolute atomic E-state index is 12.9. The van der Waals surface area contributed by atoms with E-state index in [1.807, 2.05) is 41.0 Å². The minimum atomic E-state index is -4.36. The normalized spacial score (nSPS) is 11.5. The number of nitrogens with zero attached hydrogens (tertiary/aromatic N) is 3. The lowest BCUT2D eigenvalue weighted by atomic mass is 10.1. The molecule has 0 atom stereocenters. The molecule has 1 aromatic carbocycles. The number of pyridine rings is 2. The lowest BCUT2D eigenvalue weighted by Crippen LogP contribution is -2.05. The summed E-state index contributed by atoms with van der Waals surface area (Å²) in [5.41, 5.74) is 3.55. The lowest BCUT2D eigenvalue weighted by Gasteiger charge is -2.15. The summed E-state index contributed by atoms with van der Waals surface area (Å²) in [4.78, 5) is 8.07. The molecule has 0 amide bonds. The van der Waals surface area contributed by atoms with Gasteiger partial charge in [-0.1, -0.05) is 0 Å². The zero-order chi connectivity index (χ0) is 18.9. The van der Waals surface area contributed by atoms with Crippen molar-refractivity contribution in [3.05, 3.63) is 91.0 Å². The van der Waals surface area contributed by atoms with E-state index in [4.69, 9.17) is 0 Å².